The molecular weight excluding hydrogens is 298 g/mol. The third-order valence-corrected chi connectivity index (χ3v) is 3.98. The van der Waals surface area contributed by atoms with E-state index in [4.69, 9.17) is 0 Å². The van der Waals surface area contributed by atoms with Crippen molar-refractivity contribution in [1.29, 1.82) is 0 Å². The van der Waals surface area contributed by atoms with Gasteiger partial charge in [0.15, 0.2) is 0 Å². The van der Waals surface area contributed by atoms with Gasteiger partial charge in [0.05, 0.1) is 5.69 Å². The highest BCUT2D eigenvalue weighted by Crippen LogP contribution is 2.15. The van der Waals surface area contributed by atoms with Crippen molar-refractivity contribution in [2.24, 2.45) is 0 Å². The third kappa shape index (κ3) is 5.37. The Labute approximate surface area is 144 Å². The van der Waals surface area contributed by atoms with Gasteiger partial charge in [-0.1, -0.05) is 38.1 Å². The van der Waals surface area contributed by atoms with Crippen molar-refractivity contribution in [2.75, 3.05) is 6.54 Å². The van der Waals surface area contributed by atoms with Gasteiger partial charge in [0.2, 0.25) is 5.91 Å². The van der Waals surface area contributed by atoms with E-state index >= 15 is 0 Å². The van der Waals surface area contributed by atoms with Gasteiger partial charge in [-0.3, -0.25) is 9.48 Å². The van der Waals surface area contributed by atoms with Gasteiger partial charge in [0, 0.05) is 24.9 Å². The van der Waals surface area contributed by atoms with E-state index in [0.29, 0.717) is 12.5 Å². The van der Waals surface area contributed by atoms with Crippen LogP contribution >= 0.6 is 0 Å². The summed E-state index contributed by atoms with van der Waals surface area (Å²) < 4.78 is 1.98. The zero-order valence-electron chi connectivity index (χ0n) is 15.0. The number of nitrogens with zero attached hydrogens (tertiary/aromatic N) is 2. The molecular formula is C20H27N3O. The van der Waals surface area contributed by atoms with Crippen molar-refractivity contribution in [2.45, 2.75) is 46.6 Å². The van der Waals surface area contributed by atoms with E-state index in [1.165, 1.54) is 5.56 Å². The fourth-order valence-electron chi connectivity index (χ4n) is 2.56. The highest BCUT2D eigenvalue weighted by molar-refractivity contribution is 5.91. The van der Waals surface area contributed by atoms with Gasteiger partial charge in [-0.25, -0.2) is 0 Å². The fraction of sp³-hybridized carbons (Fsp3) is 0.400. The molecule has 0 aliphatic rings. The molecule has 0 aliphatic heterocycles. The summed E-state index contributed by atoms with van der Waals surface area (Å²) in [5.41, 5.74) is 4.53. The van der Waals surface area contributed by atoms with E-state index in [2.05, 4.69) is 42.5 Å². The minimum Gasteiger partial charge on any atom is -0.352 e. The van der Waals surface area contributed by atoms with Crippen LogP contribution in [0.5, 0.6) is 0 Å². The van der Waals surface area contributed by atoms with E-state index in [9.17, 15) is 4.79 Å². The third-order valence-electron chi connectivity index (χ3n) is 3.98. The lowest BCUT2D eigenvalue weighted by molar-refractivity contribution is -0.116. The van der Waals surface area contributed by atoms with Crippen LogP contribution in [0.1, 0.15) is 48.7 Å². The van der Waals surface area contributed by atoms with Crippen molar-refractivity contribution in [3.63, 3.8) is 0 Å². The number of carbonyl (C=O) groups is 1. The molecule has 2 rings (SSSR count). The maximum Gasteiger partial charge on any atom is 0.244 e. The van der Waals surface area contributed by atoms with E-state index in [0.717, 1.165) is 29.9 Å². The molecule has 24 heavy (non-hydrogen) atoms. The van der Waals surface area contributed by atoms with Crippen LogP contribution in [0, 0.1) is 13.8 Å². The molecule has 0 fully saturated rings. The van der Waals surface area contributed by atoms with E-state index in [1.54, 1.807) is 6.08 Å². The lowest BCUT2D eigenvalue weighted by atomic mass is 10.0. The Morgan fingerprint density at radius 2 is 1.96 bits per heavy atom. The number of amides is 1. The molecule has 1 N–H and O–H groups in total. The number of hydrogen-bond donors (Lipinski definition) is 1. The summed E-state index contributed by atoms with van der Waals surface area (Å²) in [6.07, 6.45) is 4.30. The van der Waals surface area contributed by atoms with Crippen LogP contribution in [0.15, 0.2) is 36.4 Å². The zero-order chi connectivity index (χ0) is 17.5. The van der Waals surface area contributed by atoms with Gasteiger partial charge < -0.3 is 5.32 Å². The van der Waals surface area contributed by atoms with Crippen molar-refractivity contribution in [3.8, 4) is 0 Å². The van der Waals surface area contributed by atoms with Gasteiger partial charge in [-0.2, -0.15) is 5.10 Å². The average Bonchev–Trinajstić information content (AvgIpc) is 2.87. The number of rotatable bonds is 7. The molecule has 1 heterocycles. The molecule has 1 amide bonds. The van der Waals surface area contributed by atoms with Gasteiger partial charge in [0.1, 0.15) is 0 Å². The molecule has 4 heteroatoms. The van der Waals surface area contributed by atoms with Crippen LogP contribution in [0.4, 0.5) is 0 Å². The number of aryl methyl sites for hydroxylation is 3. The highest BCUT2D eigenvalue weighted by atomic mass is 16.1. The number of nitrogens with one attached hydrogen (secondary N) is 1. The van der Waals surface area contributed by atoms with Crippen LogP contribution in [0.25, 0.3) is 6.08 Å². The molecule has 0 spiro atoms. The zero-order valence-corrected chi connectivity index (χ0v) is 15.0. The first-order valence-corrected chi connectivity index (χ1v) is 8.52. The van der Waals surface area contributed by atoms with Gasteiger partial charge in [0.25, 0.3) is 0 Å². The van der Waals surface area contributed by atoms with E-state index in [-0.39, 0.29) is 5.91 Å². The SMILES string of the molecule is Cc1cc(C)n(CCCNC(=O)/C=C/c2ccc(C(C)C)cc2)n1. The fourth-order valence-corrected chi connectivity index (χ4v) is 2.56. The second-order valence-electron chi connectivity index (χ2n) is 6.45. The maximum atomic E-state index is 11.9. The molecule has 0 saturated carbocycles. The number of aromatic nitrogens is 2. The Morgan fingerprint density at radius 3 is 2.54 bits per heavy atom. The monoisotopic (exact) mass is 325 g/mol. The summed E-state index contributed by atoms with van der Waals surface area (Å²) in [6.45, 7) is 9.85. The Kier molecular flexibility index (Phi) is 6.36. The molecule has 0 aliphatic carbocycles. The molecule has 2 aromatic rings. The maximum absolute atomic E-state index is 11.9. The van der Waals surface area contributed by atoms with Gasteiger partial charge in [-0.15, -0.1) is 0 Å². The Hall–Kier alpha value is -2.36. The minimum atomic E-state index is -0.0590. The predicted octanol–water partition coefficient (Wildman–Crippen LogP) is 3.84. The standard InChI is InChI=1S/C20H27N3O/c1-15(2)19-9-6-18(7-10-19)8-11-20(24)21-12-5-13-23-17(4)14-16(3)22-23/h6-11,14-15H,5,12-13H2,1-4H3,(H,21,24)/b11-8+. The Bertz CT molecular complexity index is 696. The Morgan fingerprint density at radius 1 is 1.25 bits per heavy atom. The van der Waals surface area contributed by atoms with Gasteiger partial charge >= 0.3 is 0 Å². The first kappa shape index (κ1) is 18.0. The lowest BCUT2D eigenvalue weighted by Crippen LogP contribution is -2.23. The summed E-state index contributed by atoms with van der Waals surface area (Å²) in [4.78, 5) is 11.9. The number of carbonyl (C=O) groups excluding carboxylic acids is 1. The average molecular weight is 325 g/mol. The molecule has 0 unspecified atom stereocenters. The normalized spacial score (nSPS) is 11.4. The molecule has 0 radical (unpaired) electrons. The van der Waals surface area contributed by atoms with Gasteiger partial charge in [-0.05, 0) is 49.5 Å². The quantitative estimate of drug-likeness (QED) is 0.621. The summed E-state index contributed by atoms with van der Waals surface area (Å²) >= 11 is 0. The smallest absolute Gasteiger partial charge is 0.244 e. The molecule has 0 atom stereocenters. The predicted molar refractivity (Wildman–Crippen MR) is 98.9 cm³/mol. The second kappa shape index (κ2) is 8.48. The Balaban J connectivity index is 1.73. The summed E-state index contributed by atoms with van der Waals surface area (Å²) in [6, 6.07) is 10.4. The topological polar surface area (TPSA) is 46.9 Å². The number of hydrogen-bond acceptors (Lipinski definition) is 2. The van der Waals surface area contributed by atoms with Crippen LogP contribution in [-0.2, 0) is 11.3 Å². The summed E-state index contributed by atoms with van der Waals surface area (Å²) in [5, 5.41) is 7.32. The summed E-state index contributed by atoms with van der Waals surface area (Å²) in [5.74, 6) is 0.463. The highest BCUT2D eigenvalue weighted by Gasteiger charge is 2.01. The first-order chi connectivity index (χ1) is 11.5. The molecule has 4 nitrogen and oxygen atoms in total. The van der Waals surface area contributed by atoms with Crippen LogP contribution in [0.3, 0.4) is 0 Å². The van der Waals surface area contributed by atoms with E-state index in [1.807, 2.05) is 36.7 Å². The molecule has 0 saturated heterocycles. The van der Waals surface area contributed by atoms with Crippen LogP contribution in [-0.4, -0.2) is 22.2 Å². The molecule has 1 aromatic carbocycles. The van der Waals surface area contributed by atoms with Crippen molar-refractivity contribution >= 4 is 12.0 Å². The first-order valence-electron chi connectivity index (χ1n) is 8.52. The second-order valence-corrected chi connectivity index (χ2v) is 6.45. The van der Waals surface area contributed by atoms with Crippen molar-refractivity contribution in [1.82, 2.24) is 15.1 Å². The minimum absolute atomic E-state index is 0.0590. The van der Waals surface area contributed by atoms with Crippen molar-refractivity contribution in [3.05, 3.63) is 58.9 Å². The molecule has 128 valence electrons. The number of benzene rings is 1. The molecule has 1 aromatic heterocycles. The largest absolute Gasteiger partial charge is 0.352 e. The van der Waals surface area contributed by atoms with Crippen LogP contribution in [0.2, 0.25) is 0 Å². The van der Waals surface area contributed by atoms with E-state index < -0.39 is 0 Å². The van der Waals surface area contributed by atoms with Crippen molar-refractivity contribution < 1.29 is 4.79 Å². The van der Waals surface area contributed by atoms with Crippen LogP contribution < -0.4 is 5.32 Å². The lowest BCUT2D eigenvalue weighted by Gasteiger charge is -2.05. The summed E-state index contributed by atoms with van der Waals surface area (Å²) in [7, 11) is 0. The molecule has 0 bridgehead atoms.